The SMILES string of the molecule is Cc1cc(C)c(C(CC(=O)O)B2OC(C)(C)C(C)(C)O2)[nH]1. The van der Waals surface area contributed by atoms with Crippen LogP contribution in [0.5, 0.6) is 0 Å². The summed E-state index contributed by atoms with van der Waals surface area (Å²) in [5.74, 6) is -1.21. The van der Waals surface area contributed by atoms with E-state index in [0.29, 0.717) is 0 Å². The second-order valence-corrected chi connectivity index (χ2v) is 6.88. The van der Waals surface area contributed by atoms with Crippen LogP contribution in [0.3, 0.4) is 0 Å². The number of H-pyrrole nitrogens is 1. The van der Waals surface area contributed by atoms with E-state index in [1.54, 1.807) is 0 Å². The van der Waals surface area contributed by atoms with Gasteiger partial charge in [0.2, 0.25) is 0 Å². The molecule has 0 saturated carbocycles. The number of carboxylic acids is 1. The average Bonchev–Trinajstić information content (AvgIpc) is 2.72. The van der Waals surface area contributed by atoms with E-state index >= 15 is 0 Å². The van der Waals surface area contributed by atoms with Crippen molar-refractivity contribution in [1.82, 2.24) is 4.98 Å². The van der Waals surface area contributed by atoms with Gasteiger partial charge in [0.25, 0.3) is 0 Å². The number of aryl methyl sites for hydroxylation is 2. The van der Waals surface area contributed by atoms with Gasteiger partial charge in [-0.1, -0.05) is 0 Å². The third-order valence-electron chi connectivity index (χ3n) is 4.56. The molecule has 1 aliphatic rings. The fourth-order valence-electron chi connectivity index (χ4n) is 2.71. The molecule has 1 aromatic rings. The van der Waals surface area contributed by atoms with Gasteiger partial charge in [0.15, 0.2) is 0 Å². The van der Waals surface area contributed by atoms with Crippen LogP contribution in [0.4, 0.5) is 0 Å². The largest absolute Gasteiger partial charge is 0.481 e. The summed E-state index contributed by atoms with van der Waals surface area (Å²) in [4.78, 5) is 14.5. The van der Waals surface area contributed by atoms with Crippen LogP contribution in [0.2, 0.25) is 0 Å². The maximum Gasteiger partial charge on any atom is 0.467 e. The van der Waals surface area contributed by atoms with Gasteiger partial charge in [0.1, 0.15) is 0 Å². The van der Waals surface area contributed by atoms with Gasteiger partial charge < -0.3 is 19.4 Å². The Morgan fingerprint density at radius 3 is 2.19 bits per heavy atom. The maximum absolute atomic E-state index is 11.3. The van der Waals surface area contributed by atoms with Crippen molar-refractivity contribution in [2.24, 2.45) is 0 Å². The summed E-state index contributed by atoms with van der Waals surface area (Å²) in [7, 11) is -0.567. The highest BCUT2D eigenvalue weighted by atomic mass is 16.7. The first kappa shape index (κ1) is 16.1. The standard InChI is InChI=1S/C15H24BNO4/c1-9-7-10(2)17-13(9)11(8-12(18)19)16-20-14(3,4)15(5,6)21-16/h7,11,17H,8H2,1-6H3,(H,18,19). The molecule has 1 aromatic heterocycles. The minimum Gasteiger partial charge on any atom is -0.481 e. The first-order valence-electron chi connectivity index (χ1n) is 7.27. The van der Waals surface area contributed by atoms with Crippen molar-refractivity contribution >= 4 is 13.1 Å². The number of aromatic nitrogens is 1. The summed E-state index contributed by atoms with van der Waals surface area (Å²) >= 11 is 0. The molecular weight excluding hydrogens is 269 g/mol. The highest BCUT2D eigenvalue weighted by Crippen LogP contribution is 2.42. The second-order valence-electron chi connectivity index (χ2n) is 6.88. The zero-order valence-electron chi connectivity index (χ0n) is 13.6. The van der Waals surface area contributed by atoms with E-state index in [1.807, 2.05) is 47.6 Å². The van der Waals surface area contributed by atoms with Crippen molar-refractivity contribution < 1.29 is 19.2 Å². The number of carbonyl (C=O) groups is 1. The first-order valence-corrected chi connectivity index (χ1v) is 7.27. The summed E-state index contributed by atoms with van der Waals surface area (Å²) < 4.78 is 12.1. The number of aliphatic carboxylic acids is 1. The molecule has 1 saturated heterocycles. The Balaban J connectivity index is 2.34. The Morgan fingerprint density at radius 1 is 1.29 bits per heavy atom. The van der Waals surface area contributed by atoms with Gasteiger partial charge >= 0.3 is 13.1 Å². The van der Waals surface area contributed by atoms with Crippen molar-refractivity contribution in [1.29, 1.82) is 0 Å². The molecule has 1 aliphatic heterocycles. The van der Waals surface area contributed by atoms with Crippen molar-refractivity contribution in [3.63, 3.8) is 0 Å². The lowest BCUT2D eigenvalue weighted by Crippen LogP contribution is -2.41. The molecule has 21 heavy (non-hydrogen) atoms. The molecule has 6 heteroatoms. The topological polar surface area (TPSA) is 71.6 Å². The van der Waals surface area contributed by atoms with Gasteiger partial charge in [0, 0.05) is 17.2 Å². The Hall–Kier alpha value is -1.27. The summed E-state index contributed by atoms with van der Waals surface area (Å²) in [5, 5.41) is 9.24. The molecule has 0 bridgehead atoms. The van der Waals surface area contributed by atoms with Gasteiger partial charge in [-0.2, -0.15) is 0 Å². The predicted molar refractivity (Wildman–Crippen MR) is 81.3 cm³/mol. The third-order valence-corrected chi connectivity index (χ3v) is 4.56. The highest BCUT2D eigenvalue weighted by molar-refractivity contribution is 6.48. The molecule has 1 fully saturated rings. The Bertz CT molecular complexity index is 534. The van der Waals surface area contributed by atoms with E-state index in [9.17, 15) is 9.90 Å². The lowest BCUT2D eigenvalue weighted by Gasteiger charge is -2.32. The third kappa shape index (κ3) is 3.01. The highest BCUT2D eigenvalue weighted by Gasteiger charge is 2.54. The summed E-state index contributed by atoms with van der Waals surface area (Å²) in [5.41, 5.74) is 1.99. The van der Waals surface area contributed by atoms with Crippen LogP contribution in [-0.2, 0) is 14.1 Å². The molecule has 1 atom stereocenters. The first-order chi connectivity index (χ1) is 9.53. The van der Waals surface area contributed by atoms with Gasteiger partial charge in [-0.05, 0) is 53.2 Å². The zero-order valence-corrected chi connectivity index (χ0v) is 13.6. The summed E-state index contributed by atoms with van der Waals surface area (Å²) in [6, 6.07) is 2.01. The molecule has 0 radical (unpaired) electrons. The minimum atomic E-state index is -0.860. The van der Waals surface area contributed by atoms with E-state index in [2.05, 4.69) is 4.98 Å². The lowest BCUT2D eigenvalue weighted by molar-refractivity contribution is -0.137. The molecule has 2 N–H and O–H groups in total. The molecule has 5 nitrogen and oxygen atoms in total. The van der Waals surface area contributed by atoms with Crippen molar-refractivity contribution in [3.05, 3.63) is 23.0 Å². The van der Waals surface area contributed by atoms with Gasteiger partial charge in [-0.15, -0.1) is 0 Å². The van der Waals surface area contributed by atoms with Crippen LogP contribution in [-0.4, -0.2) is 34.4 Å². The Morgan fingerprint density at radius 2 is 1.81 bits per heavy atom. The lowest BCUT2D eigenvalue weighted by atomic mass is 9.67. The molecule has 0 amide bonds. The van der Waals surface area contributed by atoms with Crippen LogP contribution >= 0.6 is 0 Å². The minimum absolute atomic E-state index is 0.0301. The fourth-order valence-corrected chi connectivity index (χ4v) is 2.71. The quantitative estimate of drug-likeness (QED) is 0.837. The smallest absolute Gasteiger partial charge is 0.467 e. The number of carboxylic acid groups (broad SMARTS) is 1. The Labute approximate surface area is 126 Å². The van der Waals surface area contributed by atoms with Crippen LogP contribution in [0.25, 0.3) is 0 Å². The molecule has 0 aliphatic carbocycles. The molecule has 0 aromatic carbocycles. The van der Waals surface area contributed by atoms with Gasteiger partial charge in [0.05, 0.1) is 17.6 Å². The number of aromatic amines is 1. The normalized spacial score (nSPS) is 21.5. The number of hydrogen-bond donors (Lipinski definition) is 2. The van der Waals surface area contributed by atoms with Crippen LogP contribution in [0, 0.1) is 13.8 Å². The van der Waals surface area contributed by atoms with Gasteiger partial charge in [-0.25, -0.2) is 0 Å². The molecule has 2 heterocycles. The van der Waals surface area contributed by atoms with Crippen LogP contribution in [0.1, 0.15) is 56.9 Å². The van der Waals surface area contributed by atoms with Gasteiger partial charge in [-0.3, -0.25) is 4.79 Å². The molecule has 1 unspecified atom stereocenters. The predicted octanol–water partition coefficient (Wildman–Crippen LogP) is 2.82. The number of hydrogen-bond acceptors (Lipinski definition) is 3. The molecule has 116 valence electrons. The van der Waals surface area contributed by atoms with Crippen molar-refractivity contribution in [2.75, 3.05) is 0 Å². The fraction of sp³-hybridized carbons (Fsp3) is 0.667. The van der Waals surface area contributed by atoms with Crippen molar-refractivity contribution in [2.45, 2.75) is 65.0 Å². The van der Waals surface area contributed by atoms with E-state index in [-0.39, 0.29) is 12.2 Å². The summed E-state index contributed by atoms with van der Waals surface area (Å²) in [6.45, 7) is 11.8. The molecule has 0 spiro atoms. The average molecular weight is 293 g/mol. The van der Waals surface area contributed by atoms with E-state index in [1.165, 1.54) is 0 Å². The molecule has 2 rings (SSSR count). The summed E-state index contributed by atoms with van der Waals surface area (Å²) in [6.07, 6.45) is -0.0301. The van der Waals surface area contributed by atoms with E-state index in [4.69, 9.17) is 9.31 Å². The van der Waals surface area contributed by atoms with E-state index in [0.717, 1.165) is 17.0 Å². The van der Waals surface area contributed by atoms with Crippen molar-refractivity contribution in [3.8, 4) is 0 Å². The Kier molecular flexibility index (Phi) is 3.97. The second kappa shape index (κ2) is 5.18. The zero-order chi connectivity index (χ0) is 16.0. The van der Waals surface area contributed by atoms with Crippen LogP contribution < -0.4 is 0 Å². The molecular formula is C15H24BNO4. The van der Waals surface area contributed by atoms with E-state index < -0.39 is 24.3 Å². The number of nitrogens with one attached hydrogen (secondary N) is 1. The number of rotatable bonds is 4. The maximum atomic E-state index is 11.3. The van der Waals surface area contributed by atoms with Crippen LogP contribution in [0.15, 0.2) is 6.07 Å². The monoisotopic (exact) mass is 293 g/mol.